The van der Waals surface area contributed by atoms with Gasteiger partial charge in [-0.25, -0.2) is 0 Å². The molecule has 32 heavy (non-hydrogen) atoms. The first-order chi connectivity index (χ1) is 15.7. The van der Waals surface area contributed by atoms with Gasteiger partial charge in [-0.1, -0.05) is 60.7 Å². The standard InChI is InChI=1S/C24H19N5O2S/c1-2-21-26-27-24-29(21)28-23(32-24)17-9-6-10-18(15-17)25-22(30)14-12-19-11-13-20(31-19)16-7-4-3-5-8-16/h3-15H,2H2,1H3,(H,25,30)/b14-12+. The normalized spacial score (nSPS) is 11.4. The van der Waals surface area contributed by atoms with Crippen molar-refractivity contribution in [2.45, 2.75) is 13.3 Å². The molecular formula is C24H19N5O2S. The Hall–Kier alpha value is -4.04. The summed E-state index contributed by atoms with van der Waals surface area (Å²) in [6.07, 6.45) is 3.87. The molecule has 8 heteroatoms. The number of hydrogen-bond acceptors (Lipinski definition) is 6. The lowest BCUT2D eigenvalue weighted by Gasteiger charge is -2.03. The molecule has 0 atom stereocenters. The molecule has 0 spiro atoms. The minimum absolute atomic E-state index is 0.244. The summed E-state index contributed by atoms with van der Waals surface area (Å²) in [5, 5.41) is 16.6. The maximum absolute atomic E-state index is 12.4. The van der Waals surface area contributed by atoms with Gasteiger partial charge in [-0.2, -0.15) is 9.61 Å². The van der Waals surface area contributed by atoms with Gasteiger partial charge in [0, 0.05) is 29.3 Å². The number of rotatable bonds is 6. The monoisotopic (exact) mass is 441 g/mol. The highest BCUT2D eigenvalue weighted by molar-refractivity contribution is 7.19. The molecule has 158 valence electrons. The number of aromatic nitrogens is 4. The number of carbonyl (C=O) groups is 1. The van der Waals surface area contributed by atoms with E-state index in [9.17, 15) is 4.79 Å². The summed E-state index contributed by atoms with van der Waals surface area (Å²) in [7, 11) is 0. The van der Waals surface area contributed by atoms with Gasteiger partial charge in [0.15, 0.2) is 5.82 Å². The van der Waals surface area contributed by atoms with Crippen LogP contribution in [0.2, 0.25) is 0 Å². The molecule has 2 aromatic carbocycles. The highest BCUT2D eigenvalue weighted by Gasteiger charge is 2.12. The van der Waals surface area contributed by atoms with Crippen LogP contribution in [0.15, 0.2) is 77.2 Å². The van der Waals surface area contributed by atoms with E-state index in [1.807, 2.05) is 73.7 Å². The Kier molecular flexibility index (Phi) is 5.35. The quantitative estimate of drug-likeness (QED) is 0.360. The molecule has 0 saturated heterocycles. The van der Waals surface area contributed by atoms with Gasteiger partial charge in [0.25, 0.3) is 0 Å². The van der Waals surface area contributed by atoms with Crippen molar-refractivity contribution in [3.05, 3.63) is 84.4 Å². The second-order valence-corrected chi connectivity index (χ2v) is 8.00. The van der Waals surface area contributed by atoms with Crippen LogP contribution in [0.5, 0.6) is 0 Å². The van der Waals surface area contributed by atoms with Gasteiger partial charge in [0.1, 0.15) is 16.5 Å². The maximum Gasteiger partial charge on any atom is 0.248 e. The van der Waals surface area contributed by atoms with Gasteiger partial charge in [0.2, 0.25) is 10.9 Å². The fourth-order valence-corrected chi connectivity index (χ4v) is 4.12. The van der Waals surface area contributed by atoms with Crippen molar-refractivity contribution < 1.29 is 9.21 Å². The van der Waals surface area contributed by atoms with Crippen LogP contribution in [0.1, 0.15) is 18.5 Å². The maximum atomic E-state index is 12.4. The van der Waals surface area contributed by atoms with Crippen LogP contribution in [0, 0.1) is 0 Å². The van der Waals surface area contributed by atoms with Gasteiger partial charge in [-0.15, -0.1) is 10.2 Å². The van der Waals surface area contributed by atoms with Crippen LogP contribution in [-0.4, -0.2) is 25.7 Å². The lowest BCUT2D eigenvalue weighted by Crippen LogP contribution is -2.07. The van der Waals surface area contributed by atoms with Crippen molar-refractivity contribution in [1.29, 1.82) is 0 Å². The van der Waals surface area contributed by atoms with Crippen molar-refractivity contribution in [2.24, 2.45) is 0 Å². The summed E-state index contributed by atoms with van der Waals surface area (Å²) in [6.45, 7) is 2.02. The number of hydrogen-bond donors (Lipinski definition) is 1. The van der Waals surface area contributed by atoms with Gasteiger partial charge in [-0.05, 0) is 30.3 Å². The summed E-state index contributed by atoms with van der Waals surface area (Å²) >= 11 is 1.46. The molecule has 0 bridgehead atoms. The molecule has 3 aromatic heterocycles. The number of anilines is 1. The largest absolute Gasteiger partial charge is 0.457 e. The number of nitrogens with zero attached hydrogens (tertiary/aromatic N) is 4. The molecule has 1 amide bonds. The number of amides is 1. The number of aryl methyl sites for hydroxylation is 1. The molecule has 5 aromatic rings. The fraction of sp³-hybridized carbons (Fsp3) is 0.0833. The minimum Gasteiger partial charge on any atom is -0.457 e. The fourth-order valence-electron chi connectivity index (χ4n) is 3.27. The predicted molar refractivity (Wildman–Crippen MR) is 125 cm³/mol. The van der Waals surface area contributed by atoms with Gasteiger partial charge >= 0.3 is 0 Å². The molecule has 1 N–H and O–H groups in total. The number of furan rings is 1. The summed E-state index contributed by atoms with van der Waals surface area (Å²) in [5.41, 5.74) is 2.58. The topological polar surface area (TPSA) is 85.3 Å². The molecule has 0 fully saturated rings. The van der Waals surface area contributed by atoms with E-state index in [0.29, 0.717) is 11.4 Å². The SMILES string of the molecule is CCc1nnc2sc(-c3cccc(NC(=O)/C=C/c4ccc(-c5ccccc5)o4)c3)nn12. The first-order valence-corrected chi connectivity index (χ1v) is 11.0. The van der Waals surface area contributed by atoms with E-state index in [2.05, 4.69) is 20.6 Å². The molecule has 3 heterocycles. The highest BCUT2D eigenvalue weighted by atomic mass is 32.1. The summed E-state index contributed by atoms with van der Waals surface area (Å²) in [4.78, 5) is 13.2. The first kappa shape index (κ1) is 19.9. The Morgan fingerprint density at radius 1 is 1.06 bits per heavy atom. The number of carbonyl (C=O) groups excluding carboxylic acids is 1. The zero-order chi connectivity index (χ0) is 21.9. The first-order valence-electron chi connectivity index (χ1n) is 10.2. The number of nitrogens with one attached hydrogen (secondary N) is 1. The molecule has 7 nitrogen and oxygen atoms in total. The van der Waals surface area contributed by atoms with Crippen molar-refractivity contribution in [3.63, 3.8) is 0 Å². The highest BCUT2D eigenvalue weighted by Crippen LogP contribution is 2.27. The zero-order valence-corrected chi connectivity index (χ0v) is 18.0. The van der Waals surface area contributed by atoms with Crippen LogP contribution in [0.4, 0.5) is 5.69 Å². The summed E-state index contributed by atoms with van der Waals surface area (Å²) in [5.74, 6) is 1.95. The predicted octanol–water partition coefficient (Wildman–Crippen LogP) is 5.33. The molecular weight excluding hydrogens is 422 g/mol. The van der Waals surface area contributed by atoms with E-state index >= 15 is 0 Å². The molecule has 0 unspecified atom stereocenters. The van der Waals surface area contributed by atoms with Crippen molar-refractivity contribution in [1.82, 2.24) is 19.8 Å². The third-order valence-electron chi connectivity index (χ3n) is 4.83. The Morgan fingerprint density at radius 3 is 2.75 bits per heavy atom. The van der Waals surface area contributed by atoms with Crippen LogP contribution in [0.3, 0.4) is 0 Å². The Labute approximate surface area is 188 Å². The second kappa shape index (κ2) is 8.60. The average Bonchev–Trinajstić information content (AvgIpc) is 3.54. The van der Waals surface area contributed by atoms with Crippen molar-refractivity contribution in [3.8, 4) is 21.9 Å². The molecule has 0 radical (unpaired) electrons. The van der Waals surface area contributed by atoms with Gasteiger partial charge in [0.05, 0.1) is 0 Å². The molecule has 0 aliphatic heterocycles. The Bertz CT molecular complexity index is 1410. The average molecular weight is 442 g/mol. The number of benzene rings is 2. The van der Waals surface area contributed by atoms with Crippen LogP contribution < -0.4 is 5.32 Å². The second-order valence-electron chi connectivity index (χ2n) is 7.04. The van der Waals surface area contributed by atoms with E-state index in [4.69, 9.17) is 4.42 Å². The van der Waals surface area contributed by atoms with E-state index in [1.54, 1.807) is 10.6 Å². The van der Waals surface area contributed by atoms with E-state index in [1.165, 1.54) is 17.4 Å². The minimum atomic E-state index is -0.244. The Morgan fingerprint density at radius 2 is 1.91 bits per heavy atom. The molecule has 0 saturated carbocycles. The van der Waals surface area contributed by atoms with Crippen LogP contribution >= 0.6 is 11.3 Å². The molecule has 5 rings (SSSR count). The smallest absolute Gasteiger partial charge is 0.248 e. The van der Waals surface area contributed by atoms with Crippen molar-refractivity contribution >= 4 is 34.0 Å². The lowest BCUT2D eigenvalue weighted by atomic mass is 10.2. The zero-order valence-electron chi connectivity index (χ0n) is 17.2. The van der Waals surface area contributed by atoms with Crippen LogP contribution in [-0.2, 0) is 11.2 Å². The third-order valence-corrected chi connectivity index (χ3v) is 5.78. The third kappa shape index (κ3) is 4.08. The molecule has 0 aliphatic rings. The molecule has 0 aliphatic carbocycles. The lowest BCUT2D eigenvalue weighted by molar-refractivity contribution is -0.111. The van der Waals surface area contributed by atoms with Crippen LogP contribution in [0.25, 0.3) is 32.9 Å². The van der Waals surface area contributed by atoms with E-state index in [0.717, 1.165) is 39.1 Å². The number of fused-ring (bicyclic) bond motifs is 1. The van der Waals surface area contributed by atoms with E-state index < -0.39 is 0 Å². The summed E-state index contributed by atoms with van der Waals surface area (Å²) in [6, 6.07) is 21.1. The van der Waals surface area contributed by atoms with Gasteiger partial charge < -0.3 is 9.73 Å². The van der Waals surface area contributed by atoms with Crippen molar-refractivity contribution in [2.75, 3.05) is 5.32 Å². The summed E-state index contributed by atoms with van der Waals surface area (Å²) < 4.78 is 7.57. The van der Waals surface area contributed by atoms with Gasteiger partial charge in [-0.3, -0.25) is 4.79 Å². The van der Waals surface area contributed by atoms with E-state index in [-0.39, 0.29) is 5.91 Å². The Balaban J connectivity index is 1.28.